The molecule has 3 rings (SSSR count). The number of nitrogens with zero attached hydrogens (tertiary/aromatic N) is 2. The molecule has 0 bridgehead atoms. The smallest absolute Gasteiger partial charge is 0.257 e. The number of nitrogens with one attached hydrogen (secondary N) is 1. The quantitative estimate of drug-likeness (QED) is 0.803. The highest BCUT2D eigenvalue weighted by molar-refractivity contribution is 7.22. The van der Waals surface area contributed by atoms with Crippen LogP contribution in [0.15, 0.2) is 42.5 Å². The Hall–Kier alpha value is -2.47. The SMILES string of the molecule is COc1ccc2nc(NC(=O)c3ccccc3)sc2n1. The molecular weight excluding hydrogens is 274 g/mol. The molecule has 20 heavy (non-hydrogen) atoms. The highest BCUT2D eigenvalue weighted by atomic mass is 32.1. The predicted octanol–water partition coefficient (Wildman–Crippen LogP) is 2.95. The molecule has 0 spiro atoms. The zero-order valence-corrected chi connectivity index (χ0v) is 11.5. The Balaban J connectivity index is 1.86. The van der Waals surface area contributed by atoms with Crippen molar-refractivity contribution in [2.75, 3.05) is 12.4 Å². The average molecular weight is 285 g/mol. The molecule has 0 saturated carbocycles. The van der Waals surface area contributed by atoms with Crippen molar-refractivity contribution in [3.63, 3.8) is 0 Å². The van der Waals surface area contributed by atoms with Gasteiger partial charge in [0.05, 0.1) is 7.11 Å². The fourth-order valence-corrected chi connectivity index (χ4v) is 2.55. The van der Waals surface area contributed by atoms with Gasteiger partial charge >= 0.3 is 0 Å². The predicted molar refractivity (Wildman–Crippen MR) is 78.4 cm³/mol. The van der Waals surface area contributed by atoms with Gasteiger partial charge in [-0.25, -0.2) is 9.97 Å². The van der Waals surface area contributed by atoms with Crippen LogP contribution < -0.4 is 10.1 Å². The van der Waals surface area contributed by atoms with Gasteiger partial charge in [-0.15, -0.1) is 0 Å². The number of fused-ring (bicyclic) bond motifs is 1. The molecule has 100 valence electrons. The van der Waals surface area contributed by atoms with Crippen LogP contribution in [-0.2, 0) is 0 Å². The molecule has 0 aliphatic carbocycles. The van der Waals surface area contributed by atoms with E-state index < -0.39 is 0 Å². The van der Waals surface area contributed by atoms with Crippen LogP contribution in [0.3, 0.4) is 0 Å². The van der Waals surface area contributed by atoms with Gasteiger partial charge in [0.1, 0.15) is 10.3 Å². The molecule has 0 radical (unpaired) electrons. The molecule has 1 aromatic carbocycles. The third-order valence-electron chi connectivity index (χ3n) is 2.70. The minimum atomic E-state index is -0.184. The second-order valence-electron chi connectivity index (χ2n) is 4.02. The second-order valence-corrected chi connectivity index (χ2v) is 4.99. The molecule has 6 heteroatoms. The van der Waals surface area contributed by atoms with Crippen LogP contribution in [0.4, 0.5) is 5.13 Å². The summed E-state index contributed by atoms with van der Waals surface area (Å²) in [4.78, 5) is 21.4. The topological polar surface area (TPSA) is 64.1 Å². The van der Waals surface area contributed by atoms with Gasteiger partial charge in [-0.05, 0) is 18.2 Å². The number of aromatic nitrogens is 2. The van der Waals surface area contributed by atoms with Crippen molar-refractivity contribution in [2.45, 2.75) is 0 Å². The summed E-state index contributed by atoms with van der Waals surface area (Å²) >= 11 is 1.32. The molecule has 0 aliphatic rings. The summed E-state index contributed by atoms with van der Waals surface area (Å²) < 4.78 is 5.06. The summed E-state index contributed by atoms with van der Waals surface area (Å²) in [6, 6.07) is 12.6. The summed E-state index contributed by atoms with van der Waals surface area (Å²) in [6.07, 6.45) is 0. The molecule has 2 aromatic heterocycles. The highest BCUT2D eigenvalue weighted by Crippen LogP contribution is 2.26. The van der Waals surface area contributed by atoms with Gasteiger partial charge in [0.25, 0.3) is 5.91 Å². The Kier molecular flexibility index (Phi) is 3.30. The maximum Gasteiger partial charge on any atom is 0.257 e. The van der Waals surface area contributed by atoms with Crippen LogP contribution >= 0.6 is 11.3 Å². The van der Waals surface area contributed by atoms with E-state index in [0.717, 1.165) is 10.3 Å². The van der Waals surface area contributed by atoms with Crippen molar-refractivity contribution in [1.82, 2.24) is 9.97 Å². The van der Waals surface area contributed by atoms with E-state index in [1.807, 2.05) is 24.3 Å². The standard InChI is InChI=1S/C14H11N3O2S/c1-19-11-8-7-10-13(16-11)20-14(15-10)17-12(18)9-5-3-2-4-6-9/h2-8H,1H3,(H,15,17,18). The number of benzene rings is 1. The lowest BCUT2D eigenvalue weighted by atomic mass is 10.2. The molecule has 1 amide bonds. The lowest BCUT2D eigenvalue weighted by Gasteiger charge is -2.00. The summed E-state index contributed by atoms with van der Waals surface area (Å²) in [5, 5.41) is 3.30. The number of ether oxygens (including phenoxy) is 1. The van der Waals surface area contributed by atoms with Gasteiger partial charge in [-0.1, -0.05) is 29.5 Å². The third kappa shape index (κ3) is 2.46. The van der Waals surface area contributed by atoms with Gasteiger partial charge in [0.15, 0.2) is 5.13 Å². The number of amides is 1. The number of hydrogen-bond donors (Lipinski definition) is 1. The van der Waals surface area contributed by atoms with Crippen LogP contribution in [0.5, 0.6) is 5.88 Å². The number of hydrogen-bond acceptors (Lipinski definition) is 5. The summed E-state index contributed by atoms with van der Waals surface area (Å²) in [5.41, 5.74) is 1.33. The lowest BCUT2D eigenvalue weighted by Crippen LogP contribution is -2.11. The van der Waals surface area contributed by atoms with E-state index in [2.05, 4.69) is 15.3 Å². The minimum Gasteiger partial charge on any atom is -0.481 e. The summed E-state index contributed by atoms with van der Waals surface area (Å²) in [7, 11) is 1.56. The molecule has 0 fully saturated rings. The van der Waals surface area contributed by atoms with Crippen molar-refractivity contribution in [3.8, 4) is 5.88 Å². The molecular formula is C14H11N3O2S. The Morgan fingerprint density at radius 2 is 1.95 bits per heavy atom. The first-order chi connectivity index (χ1) is 9.76. The van der Waals surface area contributed by atoms with Crippen LogP contribution in [0, 0.1) is 0 Å². The Bertz CT molecular complexity index is 755. The van der Waals surface area contributed by atoms with Gasteiger partial charge in [-0.3, -0.25) is 10.1 Å². The van der Waals surface area contributed by atoms with E-state index in [1.165, 1.54) is 11.3 Å². The van der Waals surface area contributed by atoms with Gasteiger partial charge in [-0.2, -0.15) is 0 Å². The first-order valence-corrected chi connectivity index (χ1v) is 6.76. The van der Waals surface area contributed by atoms with Crippen molar-refractivity contribution in [2.24, 2.45) is 0 Å². The molecule has 0 atom stereocenters. The average Bonchev–Trinajstić information content (AvgIpc) is 2.89. The van der Waals surface area contributed by atoms with E-state index in [0.29, 0.717) is 16.6 Å². The van der Waals surface area contributed by atoms with Gasteiger partial charge in [0.2, 0.25) is 5.88 Å². The van der Waals surface area contributed by atoms with Crippen molar-refractivity contribution in [3.05, 3.63) is 48.0 Å². The van der Waals surface area contributed by atoms with E-state index in [-0.39, 0.29) is 5.91 Å². The minimum absolute atomic E-state index is 0.184. The van der Waals surface area contributed by atoms with E-state index in [9.17, 15) is 4.79 Å². The monoisotopic (exact) mass is 285 g/mol. The fraction of sp³-hybridized carbons (Fsp3) is 0.0714. The number of anilines is 1. The fourth-order valence-electron chi connectivity index (χ4n) is 1.73. The number of carbonyl (C=O) groups is 1. The zero-order valence-electron chi connectivity index (χ0n) is 10.7. The number of thiazole rings is 1. The molecule has 1 N–H and O–H groups in total. The van der Waals surface area contributed by atoms with Crippen LogP contribution in [0.25, 0.3) is 10.3 Å². The maximum atomic E-state index is 12.0. The van der Waals surface area contributed by atoms with E-state index >= 15 is 0 Å². The molecule has 0 unspecified atom stereocenters. The first-order valence-electron chi connectivity index (χ1n) is 5.94. The zero-order chi connectivity index (χ0) is 13.9. The van der Waals surface area contributed by atoms with Crippen molar-refractivity contribution in [1.29, 1.82) is 0 Å². The van der Waals surface area contributed by atoms with Crippen LogP contribution in [0.1, 0.15) is 10.4 Å². The van der Waals surface area contributed by atoms with Gasteiger partial charge in [0, 0.05) is 11.6 Å². The number of pyridine rings is 1. The van der Waals surface area contributed by atoms with Gasteiger partial charge < -0.3 is 4.74 Å². The lowest BCUT2D eigenvalue weighted by molar-refractivity contribution is 0.102. The highest BCUT2D eigenvalue weighted by Gasteiger charge is 2.10. The molecule has 3 aromatic rings. The van der Waals surface area contributed by atoms with Crippen molar-refractivity contribution >= 4 is 32.7 Å². The molecule has 0 saturated heterocycles. The first kappa shape index (κ1) is 12.6. The Labute approximate surface area is 119 Å². The molecule has 5 nitrogen and oxygen atoms in total. The van der Waals surface area contributed by atoms with E-state index in [1.54, 1.807) is 25.3 Å². The van der Waals surface area contributed by atoms with Crippen LogP contribution in [0.2, 0.25) is 0 Å². The number of rotatable bonds is 3. The Morgan fingerprint density at radius 3 is 2.70 bits per heavy atom. The maximum absolute atomic E-state index is 12.0. The van der Waals surface area contributed by atoms with Crippen molar-refractivity contribution < 1.29 is 9.53 Å². The Morgan fingerprint density at radius 1 is 1.15 bits per heavy atom. The third-order valence-corrected chi connectivity index (χ3v) is 3.58. The molecule has 0 aliphatic heterocycles. The summed E-state index contributed by atoms with van der Waals surface area (Å²) in [6.45, 7) is 0. The number of methoxy groups -OCH3 is 1. The molecule has 2 heterocycles. The second kappa shape index (κ2) is 5.26. The number of carbonyl (C=O) groups excluding carboxylic acids is 1. The van der Waals surface area contributed by atoms with Crippen LogP contribution in [-0.4, -0.2) is 23.0 Å². The summed E-state index contributed by atoms with van der Waals surface area (Å²) in [5.74, 6) is 0.346. The normalized spacial score (nSPS) is 10.4. The largest absolute Gasteiger partial charge is 0.481 e. The van der Waals surface area contributed by atoms with E-state index in [4.69, 9.17) is 4.74 Å².